The maximum absolute atomic E-state index is 13.4. The Labute approximate surface area is 196 Å². The van der Waals surface area contributed by atoms with E-state index in [9.17, 15) is 13.6 Å². The number of nitrogens with one attached hydrogen (secondary N) is 2. The maximum Gasteiger partial charge on any atom is 0.222 e. The highest BCUT2D eigenvalue weighted by atomic mass is 32.1. The first kappa shape index (κ1) is 23.3. The molecule has 1 saturated heterocycles. The zero-order chi connectivity index (χ0) is 23.4. The van der Waals surface area contributed by atoms with Crippen molar-refractivity contribution in [3.63, 3.8) is 0 Å². The number of halogens is 2. The molecule has 0 spiro atoms. The highest BCUT2D eigenvalue weighted by Gasteiger charge is 2.21. The average Bonchev–Trinajstić information content (AvgIpc) is 3.16. The van der Waals surface area contributed by atoms with Gasteiger partial charge in [0.25, 0.3) is 0 Å². The molecule has 3 aromatic rings. The molecule has 4 rings (SSSR count). The first-order valence-electron chi connectivity index (χ1n) is 11.1. The summed E-state index contributed by atoms with van der Waals surface area (Å²) in [6.07, 6.45) is 1.94. The van der Waals surface area contributed by atoms with Gasteiger partial charge in [-0.25, -0.2) is 8.78 Å². The number of carbonyl (C=O) groups is 1. The number of amides is 1. The lowest BCUT2D eigenvalue weighted by atomic mass is 10.0. The van der Waals surface area contributed by atoms with Crippen LogP contribution in [0.3, 0.4) is 0 Å². The Morgan fingerprint density at radius 2 is 1.97 bits per heavy atom. The number of rotatable bonds is 7. The summed E-state index contributed by atoms with van der Waals surface area (Å²) in [6.45, 7) is 4.60. The van der Waals surface area contributed by atoms with Crippen molar-refractivity contribution in [3.8, 4) is 11.4 Å². The maximum atomic E-state index is 13.4. The predicted octanol–water partition coefficient (Wildman–Crippen LogP) is 4.37. The van der Waals surface area contributed by atoms with Gasteiger partial charge in [0, 0.05) is 44.2 Å². The quantitative estimate of drug-likeness (QED) is 0.503. The van der Waals surface area contributed by atoms with Crippen molar-refractivity contribution in [2.75, 3.05) is 13.1 Å². The molecule has 2 aromatic carbocycles. The molecule has 174 valence electrons. The highest BCUT2D eigenvalue weighted by Crippen LogP contribution is 2.19. The van der Waals surface area contributed by atoms with E-state index in [0.717, 1.165) is 54.5 Å². The molecule has 1 aliphatic heterocycles. The fourth-order valence-corrected chi connectivity index (χ4v) is 4.40. The van der Waals surface area contributed by atoms with Gasteiger partial charge in [-0.2, -0.15) is 5.10 Å². The number of hydrogen-bond donors (Lipinski definition) is 2. The summed E-state index contributed by atoms with van der Waals surface area (Å²) >= 11 is 5.36. The van der Waals surface area contributed by atoms with Gasteiger partial charge in [0.15, 0.2) is 22.2 Å². The number of nitrogens with zero attached hydrogens (tertiary/aromatic N) is 3. The number of benzene rings is 2. The van der Waals surface area contributed by atoms with E-state index in [0.29, 0.717) is 24.3 Å². The van der Waals surface area contributed by atoms with Gasteiger partial charge in [-0.3, -0.25) is 19.4 Å². The molecule has 6 nitrogen and oxygen atoms in total. The summed E-state index contributed by atoms with van der Waals surface area (Å²) in [4.78, 5) is 14.8. The van der Waals surface area contributed by atoms with Crippen LogP contribution in [0, 0.1) is 23.3 Å². The Morgan fingerprint density at radius 1 is 1.18 bits per heavy atom. The molecule has 0 aliphatic carbocycles. The zero-order valence-electron chi connectivity index (χ0n) is 18.5. The van der Waals surface area contributed by atoms with Gasteiger partial charge in [-0.05, 0) is 55.7 Å². The van der Waals surface area contributed by atoms with Crippen molar-refractivity contribution in [3.05, 3.63) is 70.0 Å². The minimum Gasteiger partial charge on any atom is -0.353 e. The molecule has 9 heteroatoms. The van der Waals surface area contributed by atoms with Gasteiger partial charge in [0.2, 0.25) is 5.91 Å². The van der Waals surface area contributed by atoms with Crippen molar-refractivity contribution < 1.29 is 13.6 Å². The number of aromatic nitrogens is 3. The van der Waals surface area contributed by atoms with Crippen molar-refractivity contribution >= 4 is 18.1 Å². The Morgan fingerprint density at radius 3 is 2.70 bits per heavy atom. The molecule has 2 heterocycles. The number of hydrogen-bond acceptors (Lipinski definition) is 4. The molecule has 33 heavy (non-hydrogen) atoms. The van der Waals surface area contributed by atoms with Crippen LogP contribution < -0.4 is 5.32 Å². The molecule has 0 radical (unpaired) electrons. The summed E-state index contributed by atoms with van der Waals surface area (Å²) < 4.78 is 28.9. The van der Waals surface area contributed by atoms with Gasteiger partial charge in [-0.1, -0.05) is 29.8 Å². The average molecular weight is 472 g/mol. The first-order valence-corrected chi connectivity index (χ1v) is 11.5. The number of aryl methyl sites for hydroxylation is 1. The minimum atomic E-state index is -0.831. The van der Waals surface area contributed by atoms with Crippen molar-refractivity contribution in [2.24, 2.45) is 0 Å². The topological polar surface area (TPSA) is 66.0 Å². The van der Waals surface area contributed by atoms with Crippen LogP contribution in [0.4, 0.5) is 8.78 Å². The van der Waals surface area contributed by atoms with Gasteiger partial charge in [-0.15, -0.1) is 0 Å². The zero-order valence-corrected chi connectivity index (χ0v) is 19.3. The van der Waals surface area contributed by atoms with Crippen molar-refractivity contribution in [1.29, 1.82) is 0 Å². The Balaban J connectivity index is 1.26. The van der Waals surface area contributed by atoms with Crippen LogP contribution in [-0.4, -0.2) is 44.7 Å². The smallest absolute Gasteiger partial charge is 0.222 e. The third-order valence-corrected chi connectivity index (χ3v) is 6.25. The lowest BCUT2D eigenvalue weighted by molar-refractivity contribution is -0.122. The SMILES string of the molecule is Cc1cccc(-c2n[nH]c(=S)n2CCC(=O)NC2CCN(Cc3ccc(F)c(F)c3)CC2)c1. The Kier molecular flexibility index (Phi) is 7.29. The second kappa shape index (κ2) is 10.4. The molecule has 1 amide bonds. The fraction of sp³-hybridized carbons (Fsp3) is 0.375. The van der Waals surface area contributed by atoms with Crippen molar-refractivity contribution in [1.82, 2.24) is 25.0 Å². The van der Waals surface area contributed by atoms with E-state index >= 15 is 0 Å². The van der Waals surface area contributed by atoms with Gasteiger partial charge >= 0.3 is 0 Å². The third kappa shape index (κ3) is 5.91. The van der Waals surface area contributed by atoms with Gasteiger partial charge in [0.05, 0.1) is 0 Å². The molecule has 1 aliphatic rings. The van der Waals surface area contributed by atoms with Crippen LogP contribution in [0.1, 0.15) is 30.4 Å². The van der Waals surface area contributed by atoms with E-state index in [1.807, 2.05) is 35.8 Å². The lowest BCUT2D eigenvalue weighted by Gasteiger charge is -2.32. The molecule has 1 aromatic heterocycles. The van der Waals surface area contributed by atoms with E-state index < -0.39 is 11.6 Å². The summed E-state index contributed by atoms with van der Waals surface area (Å²) in [5.74, 6) is -0.949. The number of piperidine rings is 1. The molecule has 0 atom stereocenters. The second-order valence-electron chi connectivity index (χ2n) is 8.49. The summed E-state index contributed by atoms with van der Waals surface area (Å²) in [5.41, 5.74) is 2.83. The summed E-state index contributed by atoms with van der Waals surface area (Å²) in [5, 5.41) is 10.3. The molecular formula is C24H27F2N5OS. The Hall–Kier alpha value is -2.91. The van der Waals surface area contributed by atoms with Crippen LogP contribution >= 0.6 is 12.2 Å². The van der Waals surface area contributed by atoms with E-state index in [1.54, 1.807) is 6.07 Å². The van der Waals surface area contributed by atoms with Crippen LogP contribution in [0.15, 0.2) is 42.5 Å². The number of carbonyl (C=O) groups excluding carboxylic acids is 1. The molecule has 0 bridgehead atoms. The molecule has 1 fully saturated rings. The highest BCUT2D eigenvalue weighted by molar-refractivity contribution is 7.71. The normalized spacial score (nSPS) is 15.0. The van der Waals surface area contributed by atoms with Crippen LogP contribution in [0.25, 0.3) is 11.4 Å². The van der Waals surface area contributed by atoms with Gasteiger partial charge < -0.3 is 5.32 Å². The standard InChI is InChI=1S/C24H27F2N5OS/c1-16-3-2-4-18(13-16)23-28-29-24(33)31(23)12-9-22(32)27-19-7-10-30(11-8-19)15-17-5-6-20(25)21(26)14-17/h2-6,13-14,19H,7-12,15H2,1H3,(H,27,32)(H,29,33). The molecular weight excluding hydrogens is 444 g/mol. The van der Waals surface area contributed by atoms with Crippen molar-refractivity contribution in [2.45, 2.75) is 45.3 Å². The van der Waals surface area contributed by atoms with E-state index in [1.165, 1.54) is 6.07 Å². The molecule has 0 saturated carbocycles. The van der Waals surface area contributed by atoms with Crippen LogP contribution in [0.5, 0.6) is 0 Å². The predicted molar refractivity (Wildman–Crippen MR) is 125 cm³/mol. The third-order valence-electron chi connectivity index (χ3n) is 5.94. The molecule has 2 N–H and O–H groups in total. The number of aromatic amines is 1. The lowest BCUT2D eigenvalue weighted by Crippen LogP contribution is -2.44. The minimum absolute atomic E-state index is 0.0210. The van der Waals surface area contributed by atoms with E-state index in [-0.39, 0.29) is 11.9 Å². The van der Waals surface area contributed by atoms with Crippen LogP contribution in [0.2, 0.25) is 0 Å². The number of H-pyrrole nitrogens is 1. The Bertz CT molecular complexity index is 1180. The molecule has 0 unspecified atom stereocenters. The second-order valence-corrected chi connectivity index (χ2v) is 8.88. The summed E-state index contributed by atoms with van der Waals surface area (Å²) in [7, 11) is 0. The van der Waals surface area contributed by atoms with Gasteiger partial charge in [0.1, 0.15) is 0 Å². The first-order chi connectivity index (χ1) is 15.9. The largest absolute Gasteiger partial charge is 0.353 e. The monoisotopic (exact) mass is 471 g/mol. The fourth-order valence-electron chi connectivity index (χ4n) is 4.17. The summed E-state index contributed by atoms with van der Waals surface area (Å²) in [6, 6.07) is 12.1. The number of likely N-dealkylation sites (tertiary alicyclic amines) is 1. The van der Waals surface area contributed by atoms with E-state index in [4.69, 9.17) is 12.2 Å². The van der Waals surface area contributed by atoms with Crippen LogP contribution in [-0.2, 0) is 17.9 Å². The van der Waals surface area contributed by atoms with E-state index in [2.05, 4.69) is 20.4 Å².